The number of hydrogen-bond donors (Lipinski definition) is 0. The van der Waals surface area contributed by atoms with Gasteiger partial charge in [0.15, 0.2) is 5.78 Å². The van der Waals surface area contributed by atoms with Crippen molar-refractivity contribution in [2.45, 2.75) is 32.3 Å². The minimum atomic E-state index is 0.282. The first-order valence-corrected chi connectivity index (χ1v) is 7.82. The summed E-state index contributed by atoms with van der Waals surface area (Å²) in [5, 5.41) is 0. The number of allylic oxidation sites excluding steroid dienone is 1. The maximum atomic E-state index is 12.0. The Kier molecular flexibility index (Phi) is 4.69. The van der Waals surface area contributed by atoms with E-state index in [0.29, 0.717) is 13.0 Å². The van der Waals surface area contributed by atoms with Crippen LogP contribution in [0.3, 0.4) is 0 Å². The molecule has 1 fully saturated rings. The summed E-state index contributed by atoms with van der Waals surface area (Å²) in [4.78, 5) is 12.0. The third kappa shape index (κ3) is 3.64. The predicted octanol–water partition coefficient (Wildman–Crippen LogP) is 4.79. The Morgan fingerprint density at radius 1 is 0.909 bits per heavy atom. The number of benzene rings is 2. The number of rotatable bonds is 4. The van der Waals surface area contributed by atoms with Crippen LogP contribution >= 0.6 is 0 Å². The molecular weight excluding hydrogens is 272 g/mol. The molecule has 0 saturated heterocycles. The lowest BCUT2D eigenvalue weighted by atomic mass is 9.92. The summed E-state index contributed by atoms with van der Waals surface area (Å²) in [5.74, 6) is 1.11. The van der Waals surface area contributed by atoms with Crippen molar-refractivity contribution in [1.82, 2.24) is 0 Å². The Hall–Kier alpha value is -2.35. The molecule has 2 heteroatoms. The molecule has 0 bridgehead atoms. The largest absolute Gasteiger partial charge is 0.488 e. The quantitative estimate of drug-likeness (QED) is 0.757. The average Bonchev–Trinajstić information content (AvgIpc) is 2.57. The summed E-state index contributed by atoms with van der Waals surface area (Å²) in [6, 6.07) is 18.0. The van der Waals surface area contributed by atoms with Crippen LogP contribution in [0.15, 0.2) is 60.2 Å². The van der Waals surface area contributed by atoms with Crippen molar-refractivity contribution < 1.29 is 9.53 Å². The lowest BCUT2D eigenvalue weighted by molar-refractivity contribution is -0.116. The van der Waals surface area contributed by atoms with Gasteiger partial charge in [0.1, 0.15) is 12.4 Å². The van der Waals surface area contributed by atoms with Crippen LogP contribution in [0.5, 0.6) is 5.75 Å². The zero-order valence-electron chi connectivity index (χ0n) is 12.6. The molecule has 0 radical (unpaired) electrons. The molecule has 1 saturated carbocycles. The lowest BCUT2D eigenvalue weighted by Gasteiger charge is -2.14. The van der Waals surface area contributed by atoms with Crippen LogP contribution in [0.1, 0.15) is 36.8 Å². The smallest absolute Gasteiger partial charge is 0.158 e. The highest BCUT2D eigenvalue weighted by atomic mass is 16.5. The molecule has 2 nitrogen and oxygen atoms in total. The molecule has 112 valence electrons. The van der Waals surface area contributed by atoms with Crippen LogP contribution in [0.2, 0.25) is 0 Å². The van der Waals surface area contributed by atoms with Gasteiger partial charge in [0.25, 0.3) is 0 Å². The minimum absolute atomic E-state index is 0.282. The van der Waals surface area contributed by atoms with Gasteiger partial charge in [0, 0.05) is 12.0 Å². The fourth-order valence-corrected chi connectivity index (χ4v) is 2.71. The van der Waals surface area contributed by atoms with Gasteiger partial charge in [-0.15, -0.1) is 0 Å². The fraction of sp³-hybridized carbons (Fsp3) is 0.250. The highest BCUT2D eigenvalue weighted by molar-refractivity contribution is 6.00. The van der Waals surface area contributed by atoms with E-state index in [1.165, 1.54) is 0 Å². The molecular formula is C20H20O2. The molecule has 0 N–H and O–H groups in total. The van der Waals surface area contributed by atoms with Gasteiger partial charge < -0.3 is 4.74 Å². The Balaban J connectivity index is 1.78. The Morgan fingerprint density at radius 3 is 2.45 bits per heavy atom. The van der Waals surface area contributed by atoms with Crippen molar-refractivity contribution in [3.63, 3.8) is 0 Å². The maximum Gasteiger partial charge on any atom is 0.158 e. The highest BCUT2D eigenvalue weighted by Crippen LogP contribution is 2.27. The van der Waals surface area contributed by atoms with Gasteiger partial charge >= 0.3 is 0 Å². The standard InChI is InChI=1S/C20H20O2/c21-19-12-6-4-10-17(19)14-18-11-5-7-13-20(18)22-15-16-8-2-1-3-9-16/h1-3,5,7-9,11,13-14H,4,6,10,12,15H2/b17-14+. The van der Waals surface area contributed by atoms with E-state index in [4.69, 9.17) is 4.74 Å². The monoisotopic (exact) mass is 292 g/mol. The van der Waals surface area contributed by atoms with Crippen LogP contribution in [-0.2, 0) is 11.4 Å². The van der Waals surface area contributed by atoms with Gasteiger partial charge in [-0.1, -0.05) is 48.5 Å². The van der Waals surface area contributed by atoms with E-state index in [9.17, 15) is 4.79 Å². The van der Waals surface area contributed by atoms with Crippen molar-refractivity contribution in [3.05, 3.63) is 71.3 Å². The van der Waals surface area contributed by atoms with Crippen molar-refractivity contribution in [3.8, 4) is 5.75 Å². The highest BCUT2D eigenvalue weighted by Gasteiger charge is 2.15. The van der Waals surface area contributed by atoms with Crippen molar-refractivity contribution >= 4 is 11.9 Å². The van der Waals surface area contributed by atoms with E-state index in [1.807, 2.05) is 60.7 Å². The molecule has 3 rings (SSSR count). The summed E-state index contributed by atoms with van der Waals surface area (Å²) < 4.78 is 5.94. The zero-order valence-corrected chi connectivity index (χ0v) is 12.6. The lowest BCUT2D eigenvalue weighted by Crippen LogP contribution is -2.08. The molecule has 0 spiro atoms. The van der Waals surface area contributed by atoms with Crippen LogP contribution < -0.4 is 4.74 Å². The summed E-state index contributed by atoms with van der Waals surface area (Å²) in [6.45, 7) is 0.537. The molecule has 1 aliphatic rings. The van der Waals surface area contributed by atoms with Crippen molar-refractivity contribution in [2.24, 2.45) is 0 Å². The first-order valence-electron chi connectivity index (χ1n) is 7.82. The second kappa shape index (κ2) is 7.08. The Labute approximate surface area is 131 Å². The van der Waals surface area contributed by atoms with Gasteiger partial charge in [-0.2, -0.15) is 0 Å². The fourth-order valence-electron chi connectivity index (χ4n) is 2.71. The van der Waals surface area contributed by atoms with Gasteiger partial charge in [0.05, 0.1) is 0 Å². The summed E-state index contributed by atoms with van der Waals surface area (Å²) in [5.41, 5.74) is 3.06. The molecule has 0 atom stereocenters. The average molecular weight is 292 g/mol. The molecule has 0 aliphatic heterocycles. The number of carbonyl (C=O) groups is 1. The van der Waals surface area contributed by atoms with E-state index >= 15 is 0 Å². The van der Waals surface area contributed by atoms with Crippen molar-refractivity contribution in [1.29, 1.82) is 0 Å². The van der Waals surface area contributed by atoms with Crippen LogP contribution in [0.25, 0.3) is 6.08 Å². The molecule has 0 amide bonds. The van der Waals surface area contributed by atoms with E-state index in [1.54, 1.807) is 0 Å². The molecule has 0 heterocycles. The zero-order chi connectivity index (χ0) is 15.2. The van der Waals surface area contributed by atoms with E-state index in [-0.39, 0.29) is 5.78 Å². The minimum Gasteiger partial charge on any atom is -0.488 e. The SMILES string of the molecule is O=C1CCCC/C1=C\c1ccccc1OCc1ccccc1. The topological polar surface area (TPSA) is 26.3 Å². The molecule has 22 heavy (non-hydrogen) atoms. The normalized spacial score (nSPS) is 16.7. The number of carbonyl (C=O) groups excluding carboxylic acids is 1. The molecule has 1 aliphatic carbocycles. The number of para-hydroxylation sites is 1. The van der Waals surface area contributed by atoms with E-state index < -0.39 is 0 Å². The van der Waals surface area contributed by atoms with Gasteiger partial charge in [-0.05, 0) is 42.5 Å². The van der Waals surface area contributed by atoms with Gasteiger partial charge in [0.2, 0.25) is 0 Å². The van der Waals surface area contributed by atoms with Crippen LogP contribution in [-0.4, -0.2) is 5.78 Å². The van der Waals surface area contributed by atoms with Crippen molar-refractivity contribution in [2.75, 3.05) is 0 Å². The second-order valence-corrected chi connectivity index (χ2v) is 5.61. The van der Waals surface area contributed by atoms with Crippen LogP contribution in [0.4, 0.5) is 0 Å². The molecule has 2 aromatic carbocycles. The third-order valence-electron chi connectivity index (χ3n) is 3.94. The van der Waals surface area contributed by atoms with Crippen LogP contribution in [0, 0.1) is 0 Å². The number of hydrogen-bond acceptors (Lipinski definition) is 2. The third-order valence-corrected chi connectivity index (χ3v) is 3.94. The summed E-state index contributed by atoms with van der Waals surface area (Å²) in [7, 11) is 0. The van der Waals surface area contributed by atoms with Gasteiger partial charge in [-0.25, -0.2) is 0 Å². The Morgan fingerprint density at radius 2 is 1.64 bits per heavy atom. The predicted molar refractivity (Wildman–Crippen MR) is 88.7 cm³/mol. The number of ketones is 1. The van der Waals surface area contributed by atoms with E-state index in [0.717, 1.165) is 41.7 Å². The maximum absolute atomic E-state index is 12.0. The molecule has 2 aromatic rings. The second-order valence-electron chi connectivity index (χ2n) is 5.61. The van der Waals surface area contributed by atoms with E-state index in [2.05, 4.69) is 0 Å². The first-order chi connectivity index (χ1) is 10.8. The number of ether oxygens (including phenoxy) is 1. The first kappa shape index (κ1) is 14.6. The Bertz CT molecular complexity index is 671. The molecule has 0 aromatic heterocycles. The number of Topliss-reactive ketones (excluding diaryl/α,β-unsaturated/α-hetero) is 1. The summed E-state index contributed by atoms with van der Waals surface area (Å²) >= 11 is 0. The van der Waals surface area contributed by atoms with Gasteiger partial charge in [-0.3, -0.25) is 4.79 Å². The summed E-state index contributed by atoms with van der Waals surface area (Å²) in [6.07, 6.45) is 5.68. The molecule has 0 unspecified atom stereocenters.